The molecule has 102 valence electrons. The molecule has 0 radical (unpaired) electrons. The third kappa shape index (κ3) is 2.58. The smallest absolute Gasteiger partial charge is 0.137 e. The van der Waals surface area contributed by atoms with Crippen LogP contribution in [0.4, 0.5) is 0 Å². The van der Waals surface area contributed by atoms with Crippen LogP contribution in [0.2, 0.25) is 0 Å². The Morgan fingerprint density at radius 3 is 3.00 bits per heavy atom. The Bertz CT molecular complexity index is 715. The number of aryl methyl sites for hydroxylation is 1. The average molecular weight is 265 g/mol. The monoisotopic (exact) mass is 265 g/mol. The minimum atomic E-state index is 0.330. The van der Waals surface area contributed by atoms with Crippen LogP contribution in [0.25, 0.3) is 11.0 Å². The molecule has 2 N–H and O–H groups in total. The highest BCUT2D eigenvalue weighted by Gasteiger charge is 2.07. The first-order valence-corrected chi connectivity index (χ1v) is 6.95. The van der Waals surface area contributed by atoms with Gasteiger partial charge >= 0.3 is 0 Å². The lowest BCUT2D eigenvalue weighted by Crippen LogP contribution is -2.17. The van der Waals surface area contributed by atoms with E-state index in [0.717, 1.165) is 12.2 Å². The standard InChI is InChI=1S/C17H19N3/c1-12-5-3-6-14(9-12)13(2)19-10-15-11-20-17-16(15)7-4-8-18-17/h3-9,11,13,19H,10H2,1-2H3,(H,18,20)/t13-/m0/s1. The van der Waals surface area contributed by atoms with Gasteiger partial charge in [-0.2, -0.15) is 0 Å². The Balaban J connectivity index is 1.73. The summed E-state index contributed by atoms with van der Waals surface area (Å²) in [5.74, 6) is 0. The molecule has 0 aliphatic rings. The number of pyridine rings is 1. The van der Waals surface area contributed by atoms with Crippen molar-refractivity contribution in [3.8, 4) is 0 Å². The maximum atomic E-state index is 4.32. The minimum absolute atomic E-state index is 0.330. The van der Waals surface area contributed by atoms with Gasteiger partial charge in [0.1, 0.15) is 5.65 Å². The summed E-state index contributed by atoms with van der Waals surface area (Å²) in [7, 11) is 0. The van der Waals surface area contributed by atoms with E-state index >= 15 is 0 Å². The lowest BCUT2D eigenvalue weighted by Gasteiger charge is -2.14. The largest absolute Gasteiger partial charge is 0.346 e. The summed E-state index contributed by atoms with van der Waals surface area (Å²) in [6, 6.07) is 13.0. The van der Waals surface area contributed by atoms with Crippen molar-refractivity contribution in [2.45, 2.75) is 26.4 Å². The molecule has 0 bridgehead atoms. The third-order valence-corrected chi connectivity index (χ3v) is 3.68. The number of fused-ring (bicyclic) bond motifs is 1. The zero-order valence-corrected chi connectivity index (χ0v) is 11.9. The molecule has 3 heteroatoms. The molecule has 0 saturated heterocycles. The van der Waals surface area contributed by atoms with E-state index in [4.69, 9.17) is 0 Å². The average Bonchev–Trinajstić information content (AvgIpc) is 2.88. The molecule has 20 heavy (non-hydrogen) atoms. The molecule has 2 heterocycles. The number of aromatic nitrogens is 2. The van der Waals surface area contributed by atoms with Gasteiger partial charge in [0, 0.05) is 30.4 Å². The topological polar surface area (TPSA) is 40.7 Å². The van der Waals surface area contributed by atoms with E-state index in [2.05, 4.69) is 59.5 Å². The van der Waals surface area contributed by atoms with Gasteiger partial charge in [0.05, 0.1) is 0 Å². The van der Waals surface area contributed by atoms with E-state index in [1.807, 2.05) is 18.5 Å². The van der Waals surface area contributed by atoms with Crippen molar-refractivity contribution in [3.05, 3.63) is 65.5 Å². The Morgan fingerprint density at radius 1 is 1.25 bits per heavy atom. The Labute approximate surface area is 119 Å². The lowest BCUT2D eigenvalue weighted by molar-refractivity contribution is 0.576. The SMILES string of the molecule is Cc1cccc([C@H](C)NCc2c[nH]c3ncccc23)c1. The number of nitrogens with one attached hydrogen (secondary N) is 2. The Kier molecular flexibility index (Phi) is 3.52. The van der Waals surface area contributed by atoms with E-state index in [0.29, 0.717) is 6.04 Å². The molecule has 3 rings (SSSR count). The highest BCUT2D eigenvalue weighted by molar-refractivity contribution is 5.79. The number of aromatic amines is 1. The van der Waals surface area contributed by atoms with Crippen LogP contribution in [0, 0.1) is 6.92 Å². The van der Waals surface area contributed by atoms with Crippen molar-refractivity contribution >= 4 is 11.0 Å². The first-order valence-electron chi connectivity index (χ1n) is 6.95. The second kappa shape index (κ2) is 5.47. The minimum Gasteiger partial charge on any atom is -0.346 e. The number of nitrogens with zero attached hydrogens (tertiary/aromatic N) is 1. The summed E-state index contributed by atoms with van der Waals surface area (Å²) < 4.78 is 0. The molecule has 0 aliphatic carbocycles. The third-order valence-electron chi connectivity index (χ3n) is 3.68. The number of hydrogen-bond donors (Lipinski definition) is 2. The van der Waals surface area contributed by atoms with Crippen molar-refractivity contribution in [1.29, 1.82) is 0 Å². The van der Waals surface area contributed by atoms with Crippen LogP contribution in [0.15, 0.2) is 48.8 Å². The summed E-state index contributed by atoms with van der Waals surface area (Å²) in [4.78, 5) is 7.53. The second-order valence-electron chi connectivity index (χ2n) is 5.23. The van der Waals surface area contributed by atoms with Gasteiger partial charge in [-0.3, -0.25) is 0 Å². The summed E-state index contributed by atoms with van der Waals surface area (Å²) in [6.45, 7) is 5.16. The number of benzene rings is 1. The van der Waals surface area contributed by atoms with Crippen LogP contribution in [0.3, 0.4) is 0 Å². The molecule has 0 aliphatic heterocycles. The maximum Gasteiger partial charge on any atom is 0.137 e. The fourth-order valence-corrected chi connectivity index (χ4v) is 2.48. The van der Waals surface area contributed by atoms with Crippen LogP contribution in [-0.4, -0.2) is 9.97 Å². The van der Waals surface area contributed by atoms with Gasteiger partial charge in [0.25, 0.3) is 0 Å². The summed E-state index contributed by atoms with van der Waals surface area (Å²) in [5.41, 5.74) is 4.83. The van der Waals surface area contributed by atoms with E-state index in [-0.39, 0.29) is 0 Å². The summed E-state index contributed by atoms with van der Waals surface area (Å²) in [6.07, 6.45) is 3.85. The first-order chi connectivity index (χ1) is 9.74. The quantitative estimate of drug-likeness (QED) is 0.754. The van der Waals surface area contributed by atoms with Gasteiger partial charge in [0.15, 0.2) is 0 Å². The van der Waals surface area contributed by atoms with Crippen molar-refractivity contribution in [1.82, 2.24) is 15.3 Å². The van der Waals surface area contributed by atoms with Crippen molar-refractivity contribution in [3.63, 3.8) is 0 Å². The predicted molar refractivity (Wildman–Crippen MR) is 82.5 cm³/mol. The number of rotatable bonds is 4. The molecule has 3 aromatic rings. The molecular formula is C17H19N3. The van der Waals surface area contributed by atoms with E-state index in [1.165, 1.54) is 22.1 Å². The van der Waals surface area contributed by atoms with Crippen LogP contribution in [0.5, 0.6) is 0 Å². The fraction of sp³-hybridized carbons (Fsp3) is 0.235. The molecule has 2 aromatic heterocycles. The van der Waals surface area contributed by atoms with Gasteiger partial charge < -0.3 is 10.3 Å². The molecular weight excluding hydrogens is 246 g/mol. The predicted octanol–water partition coefficient (Wildman–Crippen LogP) is 3.72. The van der Waals surface area contributed by atoms with Crippen molar-refractivity contribution in [2.75, 3.05) is 0 Å². The molecule has 3 nitrogen and oxygen atoms in total. The number of hydrogen-bond acceptors (Lipinski definition) is 2. The van der Waals surface area contributed by atoms with E-state index in [9.17, 15) is 0 Å². The van der Waals surface area contributed by atoms with Gasteiger partial charge in [-0.1, -0.05) is 29.8 Å². The second-order valence-corrected chi connectivity index (χ2v) is 5.23. The van der Waals surface area contributed by atoms with Gasteiger partial charge in [-0.05, 0) is 37.1 Å². The highest BCUT2D eigenvalue weighted by Crippen LogP contribution is 2.18. The molecule has 0 spiro atoms. The van der Waals surface area contributed by atoms with Crippen molar-refractivity contribution < 1.29 is 0 Å². The summed E-state index contributed by atoms with van der Waals surface area (Å²) in [5, 5.41) is 4.76. The van der Waals surface area contributed by atoms with Crippen molar-refractivity contribution in [2.24, 2.45) is 0 Å². The lowest BCUT2D eigenvalue weighted by atomic mass is 10.1. The van der Waals surface area contributed by atoms with E-state index in [1.54, 1.807) is 0 Å². The zero-order valence-electron chi connectivity index (χ0n) is 11.9. The Hall–Kier alpha value is -2.13. The van der Waals surface area contributed by atoms with Gasteiger partial charge in [-0.15, -0.1) is 0 Å². The molecule has 0 fully saturated rings. The molecule has 1 aromatic carbocycles. The van der Waals surface area contributed by atoms with Crippen LogP contribution < -0.4 is 5.32 Å². The number of H-pyrrole nitrogens is 1. The molecule has 1 atom stereocenters. The van der Waals surface area contributed by atoms with Crippen LogP contribution in [0.1, 0.15) is 29.7 Å². The highest BCUT2D eigenvalue weighted by atomic mass is 14.9. The van der Waals surface area contributed by atoms with Gasteiger partial charge in [-0.25, -0.2) is 4.98 Å². The maximum absolute atomic E-state index is 4.32. The normalized spacial score (nSPS) is 12.7. The first kappa shape index (κ1) is 12.9. The van der Waals surface area contributed by atoms with E-state index < -0.39 is 0 Å². The molecule has 0 saturated carbocycles. The van der Waals surface area contributed by atoms with Crippen LogP contribution >= 0.6 is 0 Å². The molecule has 0 amide bonds. The molecule has 0 unspecified atom stereocenters. The zero-order chi connectivity index (χ0) is 13.9. The van der Waals surface area contributed by atoms with Gasteiger partial charge in [0.2, 0.25) is 0 Å². The fourth-order valence-electron chi connectivity index (χ4n) is 2.48. The Morgan fingerprint density at radius 2 is 2.15 bits per heavy atom. The summed E-state index contributed by atoms with van der Waals surface area (Å²) >= 11 is 0. The van der Waals surface area contributed by atoms with Crippen LogP contribution in [-0.2, 0) is 6.54 Å².